The van der Waals surface area contributed by atoms with Crippen molar-refractivity contribution in [2.45, 2.75) is 130 Å². The third-order valence-electron chi connectivity index (χ3n) is 15.7. The zero-order valence-corrected chi connectivity index (χ0v) is 44.9. The van der Waals surface area contributed by atoms with E-state index in [0.29, 0.717) is 25.3 Å². The van der Waals surface area contributed by atoms with Gasteiger partial charge in [-0.3, -0.25) is 19.6 Å². The number of Topliss-reactive ketones (excluding diaryl/α,β-unsaturated/α-hetero) is 1. The van der Waals surface area contributed by atoms with Crippen LogP contribution in [0.4, 0.5) is 4.79 Å². The molecular weight excluding hydrogens is 897 g/mol. The number of nitrogens with zero attached hydrogens (tertiary/aromatic N) is 8. The number of nitrogens with one attached hydrogen (secondary N) is 1. The molecule has 3 aromatic heterocycles. The molecule has 1 aromatic carbocycles. The maximum absolute atomic E-state index is 14.3. The second-order valence-electron chi connectivity index (χ2n) is 21.5. The number of amides is 3. The standard InChI is InChI=1S/C47H63N7O4S.C8H16N2.H3N.2H2/c1-9-53-37-19-18-31(25-35(37)40-41(47(5,6)20-14-24-55)30(4)42-34(44(40)53)17-13-21-48-42)36-28-59-39(50-36)27-32(45(57)54-23-11-10-22-49-54)26-38(56)43(29(2)3)52(8)46(58)51(7)33-15-12-16-33;1-7(9(2)3)8-5-10(4)6-8;;;/h13,17-19,21,24-25,28-30,32-33,41,43,49H,9-12,14-16,20,22-23,26-27H2,1-8H3;8H,1,5-6H2,2-4H3;1H3;2*1H/t30-,32-,41?,43-;;;;/m0..../s1. The third kappa shape index (κ3) is 11.2. The molecule has 3 amide bonds. The van der Waals surface area contributed by atoms with Crippen LogP contribution in [-0.4, -0.2) is 137 Å². The summed E-state index contributed by atoms with van der Waals surface area (Å²) >= 11 is 1.52. The van der Waals surface area contributed by atoms with E-state index in [4.69, 9.17) is 9.97 Å². The van der Waals surface area contributed by atoms with Crippen LogP contribution in [0.3, 0.4) is 0 Å². The van der Waals surface area contributed by atoms with E-state index in [2.05, 4.69) is 105 Å². The van der Waals surface area contributed by atoms with Gasteiger partial charge in [-0.2, -0.15) is 0 Å². The lowest BCUT2D eigenvalue weighted by Gasteiger charge is -2.42. The van der Waals surface area contributed by atoms with Crippen LogP contribution in [0.2, 0.25) is 0 Å². The number of fused-ring (bicyclic) bond motifs is 5. The highest BCUT2D eigenvalue weighted by Gasteiger charge is 2.44. The summed E-state index contributed by atoms with van der Waals surface area (Å²) < 4.78 is 2.42. The molecule has 4 aliphatic rings. The Balaban J connectivity index is 0.000000774. The quantitative estimate of drug-likeness (QED) is 0.0974. The van der Waals surface area contributed by atoms with Crippen LogP contribution < -0.4 is 11.6 Å². The number of hydrazine groups is 1. The Kier molecular flexibility index (Phi) is 17.9. The number of ketones is 1. The van der Waals surface area contributed by atoms with Gasteiger partial charge in [0.05, 0.1) is 34.0 Å². The van der Waals surface area contributed by atoms with Gasteiger partial charge in [-0.1, -0.05) is 47.3 Å². The van der Waals surface area contributed by atoms with Crippen molar-refractivity contribution in [1.29, 1.82) is 0 Å². The lowest BCUT2D eigenvalue weighted by atomic mass is 9.62. The largest absolute Gasteiger partial charge is 0.381 e. The summed E-state index contributed by atoms with van der Waals surface area (Å²) in [5.41, 5.74) is 12.1. The summed E-state index contributed by atoms with van der Waals surface area (Å²) in [6.07, 6.45) is 9.55. The van der Waals surface area contributed by atoms with Crippen LogP contribution in [0.15, 0.2) is 54.2 Å². The minimum absolute atomic E-state index is 0. The molecular formula is C55H86N10O4S. The Morgan fingerprint density at radius 3 is 2.40 bits per heavy atom. The van der Waals surface area contributed by atoms with Gasteiger partial charge < -0.3 is 35.1 Å². The summed E-state index contributed by atoms with van der Waals surface area (Å²) in [5.74, 6) is 0.0451. The summed E-state index contributed by atoms with van der Waals surface area (Å²) in [6.45, 7) is 21.5. The van der Waals surface area contributed by atoms with Gasteiger partial charge in [0.2, 0.25) is 5.91 Å². The molecule has 3 fully saturated rings. The van der Waals surface area contributed by atoms with E-state index in [-0.39, 0.29) is 62.4 Å². The maximum atomic E-state index is 14.3. The van der Waals surface area contributed by atoms with E-state index < -0.39 is 12.0 Å². The number of benzene rings is 1. The van der Waals surface area contributed by atoms with Gasteiger partial charge >= 0.3 is 6.03 Å². The van der Waals surface area contributed by atoms with Gasteiger partial charge in [-0.15, -0.1) is 11.3 Å². The van der Waals surface area contributed by atoms with Crippen molar-refractivity contribution in [1.82, 2.24) is 50.7 Å². The van der Waals surface area contributed by atoms with Crippen LogP contribution in [-0.2, 0) is 27.3 Å². The number of hydrogen-bond acceptors (Lipinski definition) is 11. The highest BCUT2D eigenvalue weighted by Crippen LogP contribution is 2.57. The molecule has 2 aliphatic heterocycles. The monoisotopic (exact) mass is 983 g/mol. The molecule has 4 aromatic rings. The van der Waals surface area contributed by atoms with E-state index >= 15 is 0 Å². The molecule has 386 valence electrons. The summed E-state index contributed by atoms with van der Waals surface area (Å²) in [7, 11) is 9.81. The molecule has 70 heavy (non-hydrogen) atoms. The summed E-state index contributed by atoms with van der Waals surface area (Å²) in [4.78, 5) is 71.6. The van der Waals surface area contributed by atoms with Crippen molar-refractivity contribution in [2.75, 3.05) is 61.4 Å². The zero-order chi connectivity index (χ0) is 49.9. The average molecular weight is 983 g/mol. The lowest BCUT2D eigenvalue weighted by molar-refractivity contribution is -0.142. The number of aryl methyl sites for hydroxylation is 1. The number of carbonyl (C=O) groups excluding carboxylic acids is 4. The first-order valence-corrected chi connectivity index (χ1v) is 26.4. The molecule has 0 radical (unpaired) electrons. The molecule has 2 saturated heterocycles. The molecule has 2 aliphatic carbocycles. The van der Waals surface area contributed by atoms with Crippen LogP contribution >= 0.6 is 11.3 Å². The molecule has 4 atom stereocenters. The minimum Gasteiger partial charge on any atom is -0.381 e. The summed E-state index contributed by atoms with van der Waals surface area (Å²) in [6, 6.07) is 10.3. The van der Waals surface area contributed by atoms with E-state index in [1.54, 1.807) is 21.9 Å². The highest BCUT2D eigenvalue weighted by atomic mass is 32.1. The van der Waals surface area contributed by atoms with Crippen LogP contribution in [0.25, 0.3) is 33.4 Å². The van der Waals surface area contributed by atoms with Crippen LogP contribution in [0, 0.1) is 23.2 Å². The lowest BCUT2D eigenvalue weighted by Crippen LogP contribution is -2.54. The topological polar surface area (TPSA) is 162 Å². The first kappa shape index (κ1) is 54.4. The van der Waals surface area contributed by atoms with Gasteiger partial charge in [0.25, 0.3) is 0 Å². The molecule has 5 heterocycles. The Hall–Kier alpha value is -4.96. The fourth-order valence-electron chi connectivity index (χ4n) is 11.6. The number of hydrogen-bond donors (Lipinski definition) is 2. The van der Waals surface area contributed by atoms with Crippen molar-refractivity contribution in [2.24, 2.45) is 23.2 Å². The van der Waals surface area contributed by atoms with Crippen molar-refractivity contribution in [3.8, 4) is 22.5 Å². The maximum Gasteiger partial charge on any atom is 0.320 e. The number of carbonyl (C=O) groups is 4. The van der Waals surface area contributed by atoms with Gasteiger partial charge in [0, 0.05) is 140 Å². The van der Waals surface area contributed by atoms with Crippen molar-refractivity contribution < 1.29 is 22.0 Å². The summed E-state index contributed by atoms with van der Waals surface area (Å²) in [5, 5.41) is 5.75. The molecule has 0 spiro atoms. The van der Waals surface area contributed by atoms with E-state index in [1.807, 2.05) is 33.2 Å². The molecule has 1 saturated carbocycles. The molecule has 8 rings (SSSR count). The number of likely N-dealkylation sites (tertiary alicyclic amines) is 1. The van der Waals surface area contributed by atoms with Gasteiger partial charge in [-0.05, 0) is 99.6 Å². The molecule has 15 heteroatoms. The third-order valence-corrected chi connectivity index (χ3v) is 16.5. The van der Waals surface area contributed by atoms with Crippen molar-refractivity contribution >= 4 is 46.2 Å². The number of thiazole rings is 1. The number of aromatic nitrogens is 3. The Bertz CT molecular complexity index is 2490. The Morgan fingerprint density at radius 1 is 1.07 bits per heavy atom. The number of likely N-dealkylation sites (N-methyl/N-ethyl adjacent to an activating group) is 1. The zero-order valence-electron chi connectivity index (χ0n) is 44.1. The Labute approximate surface area is 424 Å². The fourth-order valence-corrected chi connectivity index (χ4v) is 12.5. The molecule has 1 unspecified atom stereocenters. The average Bonchev–Trinajstić information content (AvgIpc) is 3.91. The van der Waals surface area contributed by atoms with E-state index in [0.717, 1.165) is 85.4 Å². The van der Waals surface area contributed by atoms with Crippen molar-refractivity contribution in [3.63, 3.8) is 0 Å². The minimum atomic E-state index is -0.646. The predicted molar refractivity (Wildman–Crippen MR) is 288 cm³/mol. The molecule has 4 N–H and O–H groups in total. The van der Waals surface area contributed by atoms with Gasteiger partial charge in [0.1, 0.15) is 6.29 Å². The number of aldehydes is 1. The SMILES string of the molecule is C=C(C1CN(C)C1)N(C)C.CCn1c2c(c3cc(-c4csc(C[C@H](CC(=O)[C@H](C(C)C)N(C)C(=O)N(C)C5CCC5)C(=O)N5CCCCN5)n4)ccc31)C(C(C)(C)CCC=O)[C@H](C)c1ncccc1-2.N.[HH].[HH]. The van der Waals surface area contributed by atoms with Gasteiger partial charge in [-0.25, -0.2) is 15.2 Å². The number of urea groups is 1. The van der Waals surface area contributed by atoms with E-state index in [1.165, 1.54) is 52.3 Å². The number of pyridine rings is 1. The smallest absolute Gasteiger partial charge is 0.320 e. The molecule has 0 bridgehead atoms. The van der Waals surface area contributed by atoms with Crippen molar-refractivity contribution in [3.05, 3.63) is 70.4 Å². The fraction of sp³-hybridized carbons (Fsp3) is 0.600. The van der Waals surface area contributed by atoms with Gasteiger partial charge in [0.15, 0.2) is 5.78 Å². The molecule has 14 nitrogen and oxygen atoms in total. The predicted octanol–water partition coefficient (Wildman–Crippen LogP) is 10.1. The van der Waals surface area contributed by atoms with E-state index in [9.17, 15) is 19.2 Å². The second-order valence-corrected chi connectivity index (χ2v) is 22.5. The van der Waals surface area contributed by atoms with Crippen LogP contribution in [0.5, 0.6) is 0 Å². The number of rotatable bonds is 17. The van der Waals surface area contributed by atoms with Crippen LogP contribution in [0.1, 0.15) is 124 Å². The Morgan fingerprint density at radius 2 is 1.80 bits per heavy atom. The first-order chi connectivity index (χ1) is 32.9. The first-order valence-electron chi connectivity index (χ1n) is 25.5. The normalized spacial score (nSPS) is 19.1. The highest BCUT2D eigenvalue weighted by molar-refractivity contribution is 7.10. The second kappa shape index (κ2) is 23.1.